The highest BCUT2D eigenvalue weighted by atomic mass is 16.2. The molecule has 2 aliphatic rings. The number of carbonyl (C=O) groups excluding carboxylic acids is 1. The molecule has 0 spiro atoms. The van der Waals surface area contributed by atoms with Gasteiger partial charge in [-0.25, -0.2) is 0 Å². The van der Waals surface area contributed by atoms with Crippen molar-refractivity contribution in [2.24, 2.45) is 11.8 Å². The summed E-state index contributed by atoms with van der Waals surface area (Å²) in [6.07, 6.45) is 1.10. The lowest BCUT2D eigenvalue weighted by atomic mass is 10.00. The average Bonchev–Trinajstić information content (AvgIpc) is 2.86. The van der Waals surface area contributed by atoms with Crippen molar-refractivity contribution in [1.29, 1.82) is 0 Å². The molecule has 2 rings (SSSR count). The van der Waals surface area contributed by atoms with Gasteiger partial charge in [0.1, 0.15) is 0 Å². The van der Waals surface area contributed by atoms with E-state index < -0.39 is 0 Å². The molecular weight excluding hydrogens is 264 g/mol. The van der Waals surface area contributed by atoms with Gasteiger partial charge in [0.25, 0.3) is 0 Å². The molecule has 2 heterocycles. The van der Waals surface area contributed by atoms with Crippen LogP contribution in [-0.4, -0.2) is 74.1 Å². The van der Waals surface area contributed by atoms with E-state index in [9.17, 15) is 4.79 Å². The first-order chi connectivity index (χ1) is 9.99. The van der Waals surface area contributed by atoms with Crippen LogP contribution in [-0.2, 0) is 4.79 Å². The van der Waals surface area contributed by atoms with Crippen LogP contribution in [0.2, 0.25) is 0 Å². The van der Waals surface area contributed by atoms with Gasteiger partial charge in [0.2, 0.25) is 5.91 Å². The summed E-state index contributed by atoms with van der Waals surface area (Å²) in [4.78, 5) is 17.2. The second kappa shape index (κ2) is 7.56. The second-order valence-electron chi connectivity index (χ2n) is 7.09. The maximum atomic E-state index is 12.3. The SMILES string of the molecule is CC(C)C(CNC(=O)C1NCCC1C)N1CCN(C)CC1. The molecule has 1 amide bonds. The minimum atomic E-state index is 0.00491. The van der Waals surface area contributed by atoms with Gasteiger partial charge in [-0.2, -0.15) is 0 Å². The van der Waals surface area contributed by atoms with Gasteiger partial charge in [-0.1, -0.05) is 20.8 Å². The second-order valence-corrected chi connectivity index (χ2v) is 7.09. The number of nitrogens with one attached hydrogen (secondary N) is 2. The highest BCUT2D eigenvalue weighted by Gasteiger charge is 2.31. The number of nitrogens with zero attached hydrogens (tertiary/aromatic N) is 2. The van der Waals surface area contributed by atoms with Gasteiger partial charge in [-0.3, -0.25) is 9.69 Å². The minimum Gasteiger partial charge on any atom is -0.353 e. The number of piperazine rings is 1. The topological polar surface area (TPSA) is 47.6 Å². The predicted molar refractivity (Wildman–Crippen MR) is 86.3 cm³/mol. The molecule has 3 unspecified atom stereocenters. The zero-order valence-electron chi connectivity index (χ0n) is 14.1. The molecule has 5 nitrogen and oxygen atoms in total. The zero-order chi connectivity index (χ0) is 15.4. The summed E-state index contributed by atoms with van der Waals surface area (Å²) in [6, 6.07) is 0.449. The first kappa shape index (κ1) is 16.7. The number of carbonyl (C=O) groups is 1. The van der Waals surface area contributed by atoms with Crippen LogP contribution in [0.15, 0.2) is 0 Å². The summed E-state index contributed by atoms with van der Waals surface area (Å²) in [5.41, 5.74) is 0. The van der Waals surface area contributed by atoms with Gasteiger partial charge in [0.15, 0.2) is 0 Å². The third-order valence-electron chi connectivity index (χ3n) is 5.08. The Labute approximate surface area is 129 Å². The number of hydrogen-bond acceptors (Lipinski definition) is 4. The van der Waals surface area contributed by atoms with Gasteiger partial charge in [-0.05, 0) is 31.8 Å². The molecular formula is C16H32N4O. The molecule has 0 aromatic carbocycles. The van der Waals surface area contributed by atoms with Crippen molar-refractivity contribution in [3.63, 3.8) is 0 Å². The summed E-state index contributed by atoms with van der Waals surface area (Å²) in [6.45, 7) is 12.9. The van der Waals surface area contributed by atoms with E-state index in [1.54, 1.807) is 0 Å². The van der Waals surface area contributed by atoms with E-state index in [0.717, 1.165) is 45.7 Å². The molecule has 2 saturated heterocycles. The van der Waals surface area contributed by atoms with Crippen LogP contribution >= 0.6 is 0 Å². The van der Waals surface area contributed by atoms with E-state index in [0.29, 0.717) is 17.9 Å². The Bertz CT molecular complexity index is 339. The van der Waals surface area contributed by atoms with Gasteiger partial charge >= 0.3 is 0 Å². The Balaban J connectivity index is 1.84. The molecule has 0 radical (unpaired) electrons. The molecule has 2 N–H and O–H groups in total. The van der Waals surface area contributed by atoms with Gasteiger partial charge in [-0.15, -0.1) is 0 Å². The van der Waals surface area contributed by atoms with Crippen LogP contribution < -0.4 is 10.6 Å². The normalized spacial score (nSPS) is 29.8. The largest absolute Gasteiger partial charge is 0.353 e. The zero-order valence-corrected chi connectivity index (χ0v) is 14.1. The molecule has 3 atom stereocenters. The smallest absolute Gasteiger partial charge is 0.237 e. The van der Waals surface area contributed by atoms with Gasteiger partial charge in [0.05, 0.1) is 6.04 Å². The van der Waals surface area contributed by atoms with Gasteiger partial charge < -0.3 is 15.5 Å². The number of likely N-dealkylation sites (N-methyl/N-ethyl adjacent to an activating group) is 1. The van der Waals surface area contributed by atoms with Crippen LogP contribution in [0.25, 0.3) is 0 Å². The highest BCUT2D eigenvalue weighted by Crippen LogP contribution is 2.16. The van der Waals surface area contributed by atoms with Crippen molar-refractivity contribution >= 4 is 5.91 Å². The summed E-state index contributed by atoms with van der Waals surface area (Å²) in [7, 11) is 2.18. The molecule has 21 heavy (non-hydrogen) atoms. The standard InChI is InChI=1S/C16H32N4O/c1-12(2)14(20-9-7-19(4)8-10-20)11-18-16(21)15-13(3)5-6-17-15/h12-15,17H,5-11H2,1-4H3,(H,18,21). The Kier molecular flexibility index (Phi) is 6.02. The van der Waals surface area contributed by atoms with Crippen LogP contribution in [0.3, 0.4) is 0 Å². The molecule has 0 aromatic heterocycles. The Morgan fingerprint density at radius 2 is 1.95 bits per heavy atom. The summed E-state index contributed by atoms with van der Waals surface area (Å²) in [5, 5.41) is 6.50. The summed E-state index contributed by atoms with van der Waals surface area (Å²) >= 11 is 0. The van der Waals surface area contributed by atoms with Crippen LogP contribution in [0, 0.1) is 11.8 Å². The van der Waals surface area contributed by atoms with Crippen molar-refractivity contribution in [3.05, 3.63) is 0 Å². The number of hydrogen-bond donors (Lipinski definition) is 2. The Morgan fingerprint density at radius 1 is 1.29 bits per heavy atom. The fourth-order valence-electron chi connectivity index (χ4n) is 3.44. The lowest BCUT2D eigenvalue weighted by molar-refractivity contribution is -0.123. The third kappa shape index (κ3) is 4.41. The van der Waals surface area contributed by atoms with Crippen molar-refractivity contribution < 1.29 is 4.79 Å². The Hall–Kier alpha value is -0.650. The van der Waals surface area contributed by atoms with E-state index in [-0.39, 0.29) is 11.9 Å². The molecule has 0 saturated carbocycles. The summed E-state index contributed by atoms with van der Waals surface area (Å²) < 4.78 is 0. The van der Waals surface area contributed by atoms with E-state index >= 15 is 0 Å². The molecule has 2 aliphatic heterocycles. The van der Waals surface area contributed by atoms with Crippen LogP contribution in [0.5, 0.6) is 0 Å². The number of amides is 1. The lowest BCUT2D eigenvalue weighted by Gasteiger charge is -2.40. The lowest BCUT2D eigenvalue weighted by Crippen LogP contribution is -2.55. The predicted octanol–water partition coefficient (Wildman–Crippen LogP) is 0.373. The van der Waals surface area contributed by atoms with Crippen LogP contribution in [0.4, 0.5) is 0 Å². The molecule has 0 bridgehead atoms. The Morgan fingerprint density at radius 3 is 2.48 bits per heavy atom. The molecule has 122 valence electrons. The monoisotopic (exact) mass is 296 g/mol. The molecule has 0 aliphatic carbocycles. The van der Waals surface area contributed by atoms with E-state index in [1.165, 1.54) is 0 Å². The van der Waals surface area contributed by atoms with Crippen molar-refractivity contribution in [1.82, 2.24) is 20.4 Å². The fourth-order valence-corrected chi connectivity index (χ4v) is 3.44. The summed E-state index contributed by atoms with van der Waals surface area (Å²) in [5.74, 6) is 1.19. The maximum Gasteiger partial charge on any atom is 0.237 e. The van der Waals surface area contributed by atoms with Crippen molar-refractivity contribution in [2.75, 3.05) is 46.3 Å². The fraction of sp³-hybridized carbons (Fsp3) is 0.938. The minimum absolute atomic E-state index is 0.00491. The van der Waals surface area contributed by atoms with Crippen molar-refractivity contribution in [2.45, 2.75) is 39.3 Å². The molecule has 2 fully saturated rings. The van der Waals surface area contributed by atoms with Crippen LogP contribution in [0.1, 0.15) is 27.2 Å². The highest BCUT2D eigenvalue weighted by molar-refractivity contribution is 5.82. The molecule has 5 heteroatoms. The quantitative estimate of drug-likeness (QED) is 0.770. The molecule has 0 aromatic rings. The average molecular weight is 296 g/mol. The first-order valence-electron chi connectivity index (χ1n) is 8.42. The third-order valence-corrected chi connectivity index (χ3v) is 5.08. The van der Waals surface area contributed by atoms with Crippen molar-refractivity contribution in [3.8, 4) is 0 Å². The van der Waals surface area contributed by atoms with E-state index in [2.05, 4.69) is 48.3 Å². The number of rotatable bonds is 5. The van der Waals surface area contributed by atoms with Gasteiger partial charge in [0, 0.05) is 38.8 Å². The maximum absolute atomic E-state index is 12.3. The van der Waals surface area contributed by atoms with E-state index in [1.807, 2.05) is 0 Å². The van der Waals surface area contributed by atoms with E-state index in [4.69, 9.17) is 0 Å². The first-order valence-corrected chi connectivity index (χ1v) is 8.42.